The molecule has 0 aromatic carbocycles. The highest BCUT2D eigenvalue weighted by atomic mass is 32.1. The zero-order valence-corrected chi connectivity index (χ0v) is 12.7. The first-order chi connectivity index (χ1) is 10.6. The number of primary amides is 1. The van der Waals surface area contributed by atoms with Crippen LogP contribution in [0.15, 0.2) is 17.6 Å². The summed E-state index contributed by atoms with van der Waals surface area (Å²) in [6.07, 6.45) is 3.59. The fourth-order valence-electron chi connectivity index (χ4n) is 2.43. The van der Waals surface area contributed by atoms with Crippen molar-refractivity contribution in [3.8, 4) is 11.3 Å². The van der Waals surface area contributed by atoms with Crippen LogP contribution in [0.1, 0.15) is 23.3 Å². The SMILES string of the molecule is NC(=O)c1cc(-c2csc(NC(=O)C3CCCNC3)n2)c[nH]1. The minimum absolute atomic E-state index is 0.00000591. The molecule has 1 aliphatic rings. The van der Waals surface area contributed by atoms with Gasteiger partial charge in [0.1, 0.15) is 5.69 Å². The molecule has 0 radical (unpaired) electrons. The summed E-state index contributed by atoms with van der Waals surface area (Å²) < 4.78 is 0. The Morgan fingerprint density at radius 1 is 1.45 bits per heavy atom. The summed E-state index contributed by atoms with van der Waals surface area (Å²) in [5.41, 5.74) is 7.01. The van der Waals surface area contributed by atoms with Crippen LogP contribution in [0.5, 0.6) is 0 Å². The fraction of sp³-hybridized carbons (Fsp3) is 0.357. The molecule has 1 saturated heterocycles. The van der Waals surface area contributed by atoms with Crippen molar-refractivity contribution in [1.29, 1.82) is 0 Å². The minimum Gasteiger partial charge on any atom is -0.364 e. The second-order valence-corrected chi connectivity index (χ2v) is 6.09. The normalized spacial score (nSPS) is 18.1. The number of anilines is 1. The van der Waals surface area contributed by atoms with Crippen LogP contribution >= 0.6 is 11.3 Å². The molecule has 3 heterocycles. The number of hydrogen-bond acceptors (Lipinski definition) is 5. The lowest BCUT2D eigenvalue weighted by atomic mass is 9.99. The Morgan fingerprint density at radius 2 is 2.32 bits per heavy atom. The summed E-state index contributed by atoms with van der Waals surface area (Å²) in [5, 5.41) is 8.48. The first-order valence-electron chi connectivity index (χ1n) is 7.09. The second-order valence-electron chi connectivity index (χ2n) is 5.24. The van der Waals surface area contributed by atoms with E-state index < -0.39 is 5.91 Å². The van der Waals surface area contributed by atoms with Crippen molar-refractivity contribution in [3.05, 3.63) is 23.3 Å². The predicted octanol–water partition coefficient (Wildman–Crippen LogP) is 1.18. The second kappa shape index (κ2) is 6.29. The maximum absolute atomic E-state index is 12.2. The van der Waals surface area contributed by atoms with E-state index in [1.54, 1.807) is 12.3 Å². The lowest BCUT2D eigenvalue weighted by Crippen LogP contribution is -2.37. The standard InChI is InChI=1S/C14H17N5O2S/c15-12(20)10-4-9(6-17-10)11-7-22-14(18-11)19-13(21)8-2-1-3-16-5-8/h4,6-8,16-17H,1-3,5H2,(H2,15,20)(H,18,19,21). The van der Waals surface area contributed by atoms with Gasteiger partial charge in [0.15, 0.2) is 5.13 Å². The molecule has 22 heavy (non-hydrogen) atoms. The predicted molar refractivity (Wildman–Crippen MR) is 84.6 cm³/mol. The smallest absolute Gasteiger partial charge is 0.265 e. The van der Waals surface area contributed by atoms with E-state index in [2.05, 4.69) is 20.6 Å². The molecule has 3 rings (SSSR count). The third-order valence-corrected chi connectivity index (χ3v) is 4.40. The largest absolute Gasteiger partial charge is 0.364 e. The average Bonchev–Trinajstić information content (AvgIpc) is 3.16. The molecule has 0 aliphatic carbocycles. The lowest BCUT2D eigenvalue weighted by Gasteiger charge is -2.21. The maximum atomic E-state index is 12.2. The van der Waals surface area contributed by atoms with E-state index in [0.717, 1.165) is 24.9 Å². The highest BCUT2D eigenvalue weighted by molar-refractivity contribution is 7.14. The van der Waals surface area contributed by atoms with Gasteiger partial charge in [0, 0.05) is 23.7 Å². The van der Waals surface area contributed by atoms with Crippen LogP contribution in [0.2, 0.25) is 0 Å². The number of carbonyl (C=O) groups excluding carboxylic acids is 2. The molecule has 0 saturated carbocycles. The molecule has 5 N–H and O–H groups in total. The van der Waals surface area contributed by atoms with Gasteiger partial charge in [-0.1, -0.05) is 0 Å². The molecule has 2 aromatic rings. The van der Waals surface area contributed by atoms with Gasteiger partial charge in [0.25, 0.3) is 5.91 Å². The van der Waals surface area contributed by atoms with Crippen molar-refractivity contribution in [1.82, 2.24) is 15.3 Å². The summed E-state index contributed by atoms with van der Waals surface area (Å²) in [7, 11) is 0. The Kier molecular flexibility index (Phi) is 4.21. The quantitative estimate of drug-likeness (QED) is 0.677. The molecule has 1 atom stereocenters. The monoisotopic (exact) mass is 319 g/mol. The van der Waals surface area contributed by atoms with Gasteiger partial charge in [-0.3, -0.25) is 9.59 Å². The first-order valence-corrected chi connectivity index (χ1v) is 7.97. The molecular formula is C14H17N5O2S. The molecule has 0 spiro atoms. The number of amides is 2. The maximum Gasteiger partial charge on any atom is 0.265 e. The van der Waals surface area contributed by atoms with Crippen LogP contribution in [0.25, 0.3) is 11.3 Å². The molecule has 2 aromatic heterocycles. The van der Waals surface area contributed by atoms with Crippen LogP contribution < -0.4 is 16.4 Å². The summed E-state index contributed by atoms with van der Waals surface area (Å²) in [6, 6.07) is 1.65. The van der Waals surface area contributed by atoms with Crippen molar-refractivity contribution < 1.29 is 9.59 Å². The number of piperidine rings is 1. The van der Waals surface area contributed by atoms with Gasteiger partial charge in [-0.15, -0.1) is 11.3 Å². The lowest BCUT2D eigenvalue weighted by molar-refractivity contribution is -0.120. The number of rotatable bonds is 4. The van der Waals surface area contributed by atoms with Gasteiger partial charge in [-0.25, -0.2) is 4.98 Å². The van der Waals surface area contributed by atoms with Crippen molar-refractivity contribution in [2.75, 3.05) is 18.4 Å². The molecule has 1 unspecified atom stereocenters. The summed E-state index contributed by atoms with van der Waals surface area (Å²) >= 11 is 1.36. The molecular weight excluding hydrogens is 302 g/mol. The topological polar surface area (TPSA) is 113 Å². The minimum atomic E-state index is -0.514. The number of H-pyrrole nitrogens is 1. The number of nitrogens with one attached hydrogen (secondary N) is 3. The molecule has 2 amide bonds. The zero-order chi connectivity index (χ0) is 15.5. The van der Waals surface area contributed by atoms with E-state index in [4.69, 9.17) is 5.73 Å². The van der Waals surface area contributed by atoms with Crippen molar-refractivity contribution >= 4 is 28.3 Å². The fourth-order valence-corrected chi connectivity index (χ4v) is 3.15. The first kappa shape index (κ1) is 14.7. The third-order valence-electron chi connectivity index (χ3n) is 3.65. The number of nitrogens with zero attached hydrogens (tertiary/aromatic N) is 1. The Balaban J connectivity index is 1.67. The van der Waals surface area contributed by atoms with Gasteiger partial charge in [0.05, 0.1) is 11.6 Å². The van der Waals surface area contributed by atoms with Gasteiger partial charge in [0.2, 0.25) is 5.91 Å². The number of hydrogen-bond donors (Lipinski definition) is 4. The molecule has 7 nitrogen and oxygen atoms in total. The Morgan fingerprint density at radius 3 is 3.00 bits per heavy atom. The molecule has 0 bridgehead atoms. The number of thiazole rings is 1. The molecule has 1 aliphatic heterocycles. The van der Waals surface area contributed by atoms with Crippen molar-refractivity contribution in [2.24, 2.45) is 11.7 Å². The Labute approximate surface area is 131 Å². The van der Waals surface area contributed by atoms with E-state index >= 15 is 0 Å². The van der Waals surface area contributed by atoms with Crippen LogP contribution in [-0.2, 0) is 4.79 Å². The van der Waals surface area contributed by atoms with Gasteiger partial charge < -0.3 is 21.4 Å². The van der Waals surface area contributed by atoms with E-state index in [1.807, 2.05) is 5.38 Å². The highest BCUT2D eigenvalue weighted by Gasteiger charge is 2.21. The number of aromatic amines is 1. The number of aromatic nitrogens is 2. The third kappa shape index (κ3) is 3.18. The molecule has 116 valence electrons. The summed E-state index contributed by atoms with van der Waals surface area (Å²) in [4.78, 5) is 30.4. The van der Waals surface area contributed by atoms with E-state index in [-0.39, 0.29) is 11.8 Å². The van der Waals surface area contributed by atoms with Crippen molar-refractivity contribution in [2.45, 2.75) is 12.8 Å². The Hall–Kier alpha value is -2.19. The number of carbonyl (C=O) groups is 2. The van der Waals surface area contributed by atoms with E-state index in [9.17, 15) is 9.59 Å². The Bertz CT molecular complexity index is 687. The molecule has 8 heteroatoms. The van der Waals surface area contributed by atoms with Crippen molar-refractivity contribution in [3.63, 3.8) is 0 Å². The number of nitrogens with two attached hydrogens (primary N) is 1. The zero-order valence-electron chi connectivity index (χ0n) is 11.9. The van der Waals surface area contributed by atoms with Gasteiger partial charge in [-0.2, -0.15) is 0 Å². The highest BCUT2D eigenvalue weighted by Crippen LogP contribution is 2.26. The van der Waals surface area contributed by atoms with Gasteiger partial charge in [-0.05, 0) is 25.5 Å². The summed E-state index contributed by atoms with van der Waals surface area (Å²) in [5.74, 6) is -0.519. The van der Waals surface area contributed by atoms with Crippen LogP contribution in [0.3, 0.4) is 0 Å². The van der Waals surface area contributed by atoms with Gasteiger partial charge >= 0.3 is 0 Å². The summed E-state index contributed by atoms with van der Waals surface area (Å²) in [6.45, 7) is 1.69. The molecule has 1 fully saturated rings. The van der Waals surface area contributed by atoms with Crippen LogP contribution in [0.4, 0.5) is 5.13 Å². The van der Waals surface area contributed by atoms with Crippen LogP contribution in [0, 0.1) is 5.92 Å². The average molecular weight is 319 g/mol. The van der Waals surface area contributed by atoms with E-state index in [0.29, 0.717) is 23.1 Å². The van der Waals surface area contributed by atoms with Crippen LogP contribution in [-0.4, -0.2) is 34.9 Å². The van der Waals surface area contributed by atoms with E-state index in [1.165, 1.54) is 11.3 Å².